The van der Waals surface area contributed by atoms with Crippen LogP contribution in [0.15, 0.2) is 18.2 Å². The number of rotatable bonds is 4. The number of ether oxygens (including phenoxy) is 2. The molecule has 0 radical (unpaired) electrons. The molecule has 1 aromatic rings. The van der Waals surface area contributed by atoms with E-state index in [1.807, 2.05) is 17.9 Å². The highest BCUT2D eigenvalue weighted by Gasteiger charge is 2.30. The van der Waals surface area contributed by atoms with E-state index in [9.17, 15) is 4.79 Å². The summed E-state index contributed by atoms with van der Waals surface area (Å²) >= 11 is 0. The summed E-state index contributed by atoms with van der Waals surface area (Å²) in [6.45, 7) is 7.87. The van der Waals surface area contributed by atoms with Crippen molar-refractivity contribution in [3.8, 4) is 5.75 Å². The average Bonchev–Trinajstić information content (AvgIpc) is 2.61. The maximum Gasteiger partial charge on any atom is 0.225 e. The first-order chi connectivity index (χ1) is 11.2. The van der Waals surface area contributed by atoms with Crippen molar-refractivity contribution in [3.05, 3.63) is 29.3 Å². The predicted octanol–water partition coefficient (Wildman–Crippen LogP) is 3.03. The maximum atomic E-state index is 12.9. The Balaban J connectivity index is 1.67. The third-order valence-corrected chi connectivity index (χ3v) is 5.18. The zero-order valence-corrected chi connectivity index (χ0v) is 14.2. The molecule has 1 unspecified atom stereocenters. The molecule has 23 heavy (non-hydrogen) atoms. The lowest BCUT2D eigenvalue weighted by atomic mass is 9.86. The molecule has 1 saturated heterocycles. The highest BCUT2D eigenvalue weighted by Crippen LogP contribution is 2.29. The Hall–Kier alpha value is -1.55. The third-order valence-electron chi connectivity index (χ3n) is 5.18. The molecule has 0 bridgehead atoms. The van der Waals surface area contributed by atoms with Gasteiger partial charge in [0.25, 0.3) is 0 Å². The lowest BCUT2D eigenvalue weighted by Crippen LogP contribution is -2.42. The summed E-state index contributed by atoms with van der Waals surface area (Å²) in [6.07, 6.45) is 2.95. The molecular weight excluding hydrogens is 290 g/mol. The Morgan fingerprint density at radius 2 is 2.13 bits per heavy atom. The Labute approximate surface area is 138 Å². The number of hydrogen-bond acceptors (Lipinski definition) is 3. The van der Waals surface area contributed by atoms with E-state index in [1.54, 1.807) is 0 Å². The molecule has 0 aliphatic carbocycles. The molecule has 0 saturated carbocycles. The van der Waals surface area contributed by atoms with Gasteiger partial charge in [0, 0.05) is 32.2 Å². The van der Waals surface area contributed by atoms with Crippen LogP contribution in [0.5, 0.6) is 5.75 Å². The van der Waals surface area contributed by atoms with Crippen molar-refractivity contribution in [1.29, 1.82) is 0 Å². The van der Waals surface area contributed by atoms with Crippen LogP contribution in [0.1, 0.15) is 37.8 Å². The smallest absolute Gasteiger partial charge is 0.225 e. The third kappa shape index (κ3) is 3.69. The van der Waals surface area contributed by atoms with Gasteiger partial charge in [-0.3, -0.25) is 4.79 Å². The van der Waals surface area contributed by atoms with Crippen molar-refractivity contribution < 1.29 is 14.3 Å². The fraction of sp³-hybridized carbons (Fsp3) is 0.632. The van der Waals surface area contributed by atoms with E-state index >= 15 is 0 Å². The molecule has 2 aliphatic rings. The van der Waals surface area contributed by atoms with Gasteiger partial charge in [0.15, 0.2) is 0 Å². The van der Waals surface area contributed by atoms with Gasteiger partial charge in [0.05, 0.1) is 6.61 Å². The molecule has 1 fully saturated rings. The zero-order chi connectivity index (χ0) is 16.2. The van der Waals surface area contributed by atoms with Crippen molar-refractivity contribution in [2.45, 2.75) is 39.7 Å². The number of carbonyl (C=O) groups excluding carboxylic acids is 1. The van der Waals surface area contributed by atoms with Crippen LogP contribution in [0, 0.1) is 11.8 Å². The van der Waals surface area contributed by atoms with Crippen LogP contribution in [-0.4, -0.2) is 37.2 Å². The van der Waals surface area contributed by atoms with Gasteiger partial charge in [-0.15, -0.1) is 0 Å². The van der Waals surface area contributed by atoms with Gasteiger partial charge in [0.2, 0.25) is 5.91 Å². The summed E-state index contributed by atoms with van der Waals surface area (Å²) in [4.78, 5) is 14.9. The van der Waals surface area contributed by atoms with Gasteiger partial charge in [-0.05, 0) is 55.4 Å². The number of amides is 1. The molecule has 1 atom stereocenters. The van der Waals surface area contributed by atoms with Crippen LogP contribution < -0.4 is 4.74 Å². The standard InChI is InChI=1S/C19H27NO3/c1-3-23-18-5-4-16-6-9-20(13-17(16)12-18)19(21)14(2)15-7-10-22-11-8-15/h4-5,12,14-15H,3,6-11,13H2,1-2H3. The lowest BCUT2D eigenvalue weighted by Gasteiger charge is -2.34. The second-order valence-corrected chi connectivity index (χ2v) is 6.61. The minimum Gasteiger partial charge on any atom is -0.494 e. The SMILES string of the molecule is CCOc1ccc2c(c1)CN(C(=O)C(C)C1CCOCC1)CC2. The van der Waals surface area contributed by atoms with Gasteiger partial charge < -0.3 is 14.4 Å². The highest BCUT2D eigenvalue weighted by molar-refractivity contribution is 5.79. The van der Waals surface area contributed by atoms with E-state index in [0.717, 1.165) is 44.8 Å². The maximum absolute atomic E-state index is 12.9. The number of fused-ring (bicyclic) bond motifs is 1. The summed E-state index contributed by atoms with van der Waals surface area (Å²) < 4.78 is 11.0. The topological polar surface area (TPSA) is 38.8 Å². The molecular formula is C19H27NO3. The van der Waals surface area contributed by atoms with Crippen LogP contribution in [0.2, 0.25) is 0 Å². The fourth-order valence-corrected chi connectivity index (χ4v) is 3.68. The first-order valence-electron chi connectivity index (χ1n) is 8.80. The van der Waals surface area contributed by atoms with Gasteiger partial charge in [-0.2, -0.15) is 0 Å². The van der Waals surface area contributed by atoms with Crippen molar-refractivity contribution in [3.63, 3.8) is 0 Å². The van der Waals surface area contributed by atoms with Crippen LogP contribution in [-0.2, 0) is 22.5 Å². The van der Waals surface area contributed by atoms with Crippen molar-refractivity contribution in [1.82, 2.24) is 4.90 Å². The Morgan fingerprint density at radius 3 is 2.87 bits per heavy atom. The largest absolute Gasteiger partial charge is 0.494 e. The normalized spacial score (nSPS) is 20.0. The van der Waals surface area contributed by atoms with Gasteiger partial charge in [-0.25, -0.2) is 0 Å². The molecule has 0 N–H and O–H groups in total. The van der Waals surface area contributed by atoms with Gasteiger partial charge in [-0.1, -0.05) is 13.0 Å². The van der Waals surface area contributed by atoms with Crippen molar-refractivity contribution >= 4 is 5.91 Å². The fourth-order valence-electron chi connectivity index (χ4n) is 3.68. The molecule has 2 aliphatic heterocycles. The van der Waals surface area contributed by atoms with E-state index < -0.39 is 0 Å². The molecule has 4 heteroatoms. The first kappa shape index (κ1) is 16.3. The van der Waals surface area contributed by atoms with Crippen LogP contribution >= 0.6 is 0 Å². The molecule has 4 nitrogen and oxygen atoms in total. The number of hydrogen-bond donors (Lipinski definition) is 0. The second-order valence-electron chi connectivity index (χ2n) is 6.61. The Morgan fingerprint density at radius 1 is 1.35 bits per heavy atom. The quantitative estimate of drug-likeness (QED) is 0.857. The molecule has 1 amide bonds. The first-order valence-corrected chi connectivity index (χ1v) is 8.80. The zero-order valence-electron chi connectivity index (χ0n) is 14.2. The lowest BCUT2D eigenvalue weighted by molar-refractivity contribution is -0.138. The van der Waals surface area contributed by atoms with E-state index in [-0.39, 0.29) is 5.92 Å². The van der Waals surface area contributed by atoms with Crippen molar-refractivity contribution in [2.75, 3.05) is 26.4 Å². The van der Waals surface area contributed by atoms with Crippen molar-refractivity contribution in [2.24, 2.45) is 11.8 Å². The summed E-state index contributed by atoms with van der Waals surface area (Å²) in [5.74, 6) is 1.75. The predicted molar refractivity (Wildman–Crippen MR) is 89.4 cm³/mol. The van der Waals surface area contributed by atoms with Crippen LogP contribution in [0.25, 0.3) is 0 Å². The average molecular weight is 317 g/mol. The summed E-state index contributed by atoms with van der Waals surface area (Å²) in [5.41, 5.74) is 2.57. The minimum atomic E-state index is 0.0931. The van der Waals surface area contributed by atoms with Crippen LogP contribution in [0.4, 0.5) is 0 Å². The minimum absolute atomic E-state index is 0.0931. The van der Waals surface area contributed by atoms with E-state index in [0.29, 0.717) is 25.0 Å². The van der Waals surface area contributed by atoms with E-state index in [4.69, 9.17) is 9.47 Å². The van der Waals surface area contributed by atoms with Gasteiger partial charge >= 0.3 is 0 Å². The molecule has 126 valence electrons. The number of carbonyl (C=O) groups is 1. The molecule has 2 heterocycles. The van der Waals surface area contributed by atoms with Crippen LogP contribution in [0.3, 0.4) is 0 Å². The van der Waals surface area contributed by atoms with E-state index in [1.165, 1.54) is 11.1 Å². The molecule has 0 aromatic heterocycles. The highest BCUT2D eigenvalue weighted by atomic mass is 16.5. The molecule has 3 rings (SSSR count). The van der Waals surface area contributed by atoms with Gasteiger partial charge in [0.1, 0.15) is 5.75 Å². The van der Waals surface area contributed by atoms with E-state index in [2.05, 4.69) is 19.1 Å². The summed E-state index contributed by atoms with van der Waals surface area (Å²) in [7, 11) is 0. The summed E-state index contributed by atoms with van der Waals surface area (Å²) in [5, 5.41) is 0. The summed E-state index contributed by atoms with van der Waals surface area (Å²) in [6, 6.07) is 6.27. The monoisotopic (exact) mass is 317 g/mol. The number of nitrogens with zero attached hydrogens (tertiary/aromatic N) is 1. The Kier molecular flexibility index (Phi) is 5.21. The Bertz CT molecular complexity index is 552. The number of benzene rings is 1. The second kappa shape index (κ2) is 7.35. The molecule has 1 aromatic carbocycles. The molecule has 0 spiro atoms.